The van der Waals surface area contributed by atoms with Gasteiger partial charge in [-0.1, -0.05) is 30.3 Å². The summed E-state index contributed by atoms with van der Waals surface area (Å²) in [4.78, 5) is 12.0. The molecule has 0 aliphatic heterocycles. The van der Waals surface area contributed by atoms with Crippen LogP contribution in [0.5, 0.6) is 11.5 Å². The predicted molar refractivity (Wildman–Crippen MR) is 79.2 cm³/mol. The number of carbonyl (C=O) groups excluding carboxylic acids is 1. The Morgan fingerprint density at radius 2 is 1.59 bits per heavy atom. The molecule has 0 saturated carbocycles. The number of ketones is 1. The summed E-state index contributed by atoms with van der Waals surface area (Å²) < 4.78 is 42.2. The van der Waals surface area contributed by atoms with E-state index in [0.717, 1.165) is 6.07 Å². The molecule has 2 rings (SSSR count). The van der Waals surface area contributed by atoms with Crippen LogP contribution < -0.4 is 9.47 Å². The topological polar surface area (TPSA) is 89.9 Å². The van der Waals surface area contributed by atoms with Gasteiger partial charge in [0.25, 0.3) is 10.1 Å². The van der Waals surface area contributed by atoms with Crippen molar-refractivity contribution in [2.45, 2.75) is 4.90 Å². The molecule has 0 bridgehead atoms. The molecule has 6 nitrogen and oxygen atoms in total. The SMILES string of the molecule is COc1cc(OC)c(S(=O)(=O)O)cc1C(=O)c1ccccc1. The summed E-state index contributed by atoms with van der Waals surface area (Å²) in [5.74, 6) is -0.382. The maximum Gasteiger partial charge on any atom is 0.298 e. The van der Waals surface area contributed by atoms with Crippen molar-refractivity contribution < 1.29 is 27.2 Å². The fourth-order valence-corrected chi connectivity index (χ4v) is 2.66. The highest BCUT2D eigenvalue weighted by molar-refractivity contribution is 7.86. The molecule has 0 spiro atoms. The molecule has 0 aromatic heterocycles. The largest absolute Gasteiger partial charge is 0.496 e. The quantitative estimate of drug-likeness (QED) is 0.670. The Morgan fingerprint density at radius 1 is 1.00 bits per heavy atom. The maximum atomic E-state index is 12.5. The number of rotatable bonds is 5. The van der Waals surface area contributed by atoms with Crippen molar-refractivity contribution in [3.05, 3.63) is 53.6 Å². The molecule has 0 aliphatic rings. The highest BCUT2D eigenvalue weighted by Crippen LogP contribution is 2.33. The van der Waals surface area contributed by atoms with Gasteiger partial charge in [0.2, 0.25) is 0 Å². The minimum Gasteiger partial charge on any atom is -0.496 e. The van der Waals surface area contributed by atoms with Crippen LogP contribution in [0.2, 0.25) is 0 Å². The number of hydrogen-bond donors (Lipinski definition) is 1. The van der Waals surface area contributed by atoms with Crippen molar-refractivity contribution in [1.82, 2.24) is 0 Å². The predicted octanol–water partition coefficient (Wildman–Crippen LogP) is 2.18. The Labute approximate surface area is 128 Å². The lowest BCUT2D eigenvalue weighted by Gasteiger charge is -2.13. The first-order valence-electron chi connectivity index (χ1n) is 6.21. The molecule has 0 atom stereocenters. The van der Waals surface area contributed by atoms with E-state index >= 15 is 0 Å². The lowest BCUT2D eigenvalue weighted by atomic mass is 10.0. The fraction of sp³-hybridized carbons (Fsp3) is 0.133. The molecule has 0 heterocycles. The van der Waals surface area contributed by atoms with Gasteiger partial charge in [0.05, 0.1) is 19.8 Å². The summed E-state index contributed by atoms with van der Waals surface area (Å²) in [6.45, 7) is 0. The minimum absolute atomic E-state index is 0.0159. The monoisotopic (exact) mass is 322 g/mol. The summed E-state index contributed by atoms with van der Waals surface area (Å²) in [7, 11) is -1.94. The van der Waals surface area contributed by atoms with Crippen LogP contribution in [0, 0.1) is 0 Å². The fourth-order valence-electron chi connectivity index (χ4n) is 1.99. The Balaban J connectivity index is 2.67. The smallest absolute Gasteiger partial charge is 0.298 e. The van der Waals surface area contributed by atoms with E-state index in [4.69, 9.17) is 9.47 Å². The second kappa shape index (κ2) is 6.17. The summed E-state index contributed by atoms with van der Waals surface area (Å²) in [5, 5.41) is 0. The van der Waals surface area contributed by atoms with Gasteiger partial charge in [-0.3, -0.25) is 9.35 Å². The van der Waals surface area contributed by atoms with E-state index in [1.165, 1.54) is 20.3 Å². The molecule has 7 heteroatoms. The van der Waals surface area contributed by atoms with Crippen LogP contribution >= 0.6 is 0 Å². The van der Waals surface area contributed by atoms with Crippen LogP contribution in [0.25, 0.3) is 0 Å². The first kappa shape index (κ1) is 16.0. The van der Waals surface area contributed by atoms with Gasteiger partial charge in [-0.05, 0) is 6.07 Å². The van der Waals surface area contributed by atoms with E-state index in [0.29, 0.717) is 5.56 Å². The van der Waals surface area contributed by atoms with Crippen LogP contribution in [-0.4, -0.2) is 33.0 Å². The van der Waals surface area contributed by atoms with E-state index in [1.807, 2.05) is 0 Å². The number of carbonyl (C=O) groups is 1. The van der Waals surface area contributed by atoms with Crippen LogP contribution in [-0.2, 0) is 10.1 Å². The Kier molecular flexibility index (Phi) is 4.48. The molecule has 0 saturated heterocycles. The highest BCUT2D eigenvalue weighted by atomic mass is 32.2. The number of ether oxygens (including phenoxy) is 2. The summed E-state index contributed by atoms with van der Waals surface area (Å²) in [6.07, 6.45) is 0. The molecule has 116 valence electrons. The van der Waals surface area contributed by atoms with Gasteiger partial charge in [-0.2, -0.15) is 8.42 Å². The Hall–Kier alpha value is -2.38. The van der Waals surface area contributed by atoms with E-state index < -0.39 is 20.8 Å². The maximum absolute atomic E-state index is 12.5. The van der Waals surface area contributed by atoms with Gasteiger partial charge < -0.3 is 9.47 Å². The summed E-state index contributed by atoms with van der Waals surface area (Å²) >= 11 is 0. The third-order valence-electron chi connectivity index (χ3n) is 3.04. The van der Waals surface area contributed by atoms with Crippen LogP contribution in [0.1, 0.15) is 15.9 Å². The number of hydrogen-bond acceptors (Lipinski definition) is 5. The average molecular weight is 322 g/mol. The van der Waals surface area contributed by atoms with Crippen molar-refractivity contribution >= 4 is 15.9 Å². The molecular weight excluding hydrogens is 308 g/mol. The lowest BCUT2D eigenvalue weighted by Crippen LogP contribution is -2.08. The molecule has 0 unspecified atom stereocenters. The molecule has 0 aliphatic carbocycles. The number of methoxy groups -OCH3 is 2. The van der Waals surface area contributed by atoms with Crippen LogP contribution in [0.4, 0.5) is 0 Å². The Bertz CT molecular complexity index is 796. The second-order valence-corrected chi connectivity index (χ2v) is 5.76. The van der Waals surface area contributed by atoms with Crippen molar-refractivity contribution in [3.63, 3.8) is 0 Å². The summed E-state index contributed by atoms with van der Waals surface area (Å²) in [5.41, 5.74) is 0.384. The molecule has 0 fully saturated rings. The Morgan fingerprint density at radius 3 is 2.09 bits per heavy atom. The van der Waals surface area contributed by atoms with E-state index in [9.17, 15) is 17.8 Å². The van der Waals surface area contributed by atoms with E-state index in [-0.39, 0.29) is 17.1 Å². The van der Waals surface area contributed by atoms with Gasteiger partial charge in [-0.25, -0.2) is 0 Å². The molecule has 22 heavy (non-hydrogen) atoms. The zero-order valence-electron chi connectivity index (χ0n) is 11.9. The molecule has 2 aromatic rings. The molecule has 0 amide bonds. The van der Waals surface area contributed by atoms with Gasteiger partial charge in [0.15, 0.2) is 5.78 Å². The van der Waals surface area contributed by atoms with Gasteiger partial charge in [-0.15, -0.1) is 0 Å². The lowest BCUT2D eigenvalue weighted by molar-refractivity contribution is 0.103. The van der Waals surface area contributed by atoms with Gasteiger partial charge >= 0.3 is 0 Å². The average Bonchev–Trinajstić information content (AvgIpc) is 2.52. The van der Waals surface area contributed by atoms with E-state index in [1.54, 1.807) is 30.3 Å². The minimum atomic E-state index is -4.54. The van der Waals surface area contributed by atoms with Gasteiger partial charge in [0.1, 0.15) is 16.4 Å². The number of benzene rings is 2. The van der Waals surface area contributed by atoms with Crippen molar-refractivity contribution in [2.75, 3.05) is 14.2 Å². The molecule has 2 aromatic carbocycles. The molecule has 1 N–H and O–H groups in total. The molecule has 0 radical (unpaired) electrons. The summed E-state index contributed by atoms with van der Waals surface area (Å²) in [6, 6.07) is 10.6. The third-order valence-corrected chi connectivity index (χ3v) is 3.92. The molecular formula is C15H14O6S. The second-order valence-electron chi connectivity index (χ2n) is 4.37. The van der Waals surface area contributed by atoms with Crippen molar-refractivity contribution in [3.8, 4) is 11.5 Å². The van der Waals surface area contributed by atoms with Gasteiger partial charge in [0, 0.05) is 11.6 Å². The van der Waals surface area contributed by atoms with E-state index in [2.05, 4.69) is 0 Å². The van der Waals surface area contributed by atoms with Crippen LogP contribution in [0.3, 0.4) is 0 Å². The standard InChI is InChI=1S/C15H14O6S/c1-20-12-9-13(21-2)14(22(17,18)19)8-11(12)15(16)10-6-4-3-5-7-10/h3-9H,1-2H3,(H,17,18,19). The zero-order valence-corrected chi connectivity index (χ0v) is 12.8. The van der Waals surface area contributed by atoms with Crippen LogP contribution in [0.15, 0.2) is 47.4 Å². The highest BCUT2D eigenvalue weighted by Gasteiger charge is 2.24. The first-order chi connectivity index (χ1) is 10.4. The first-order valence-corrected chi connectivity index (χ1v) is 7.65. The van der Waals surface area contributed by atoms with Crippen molar-refractivity contribution in [2.24, 2.45) is 0 Å². The normalized spacial score (nSPS) is 11.0. The zero-order chi connectivity index (χ0) is 16.3. The third kappa shape index (κ3) is 3.10. The van der Waals surface area contributed by atoms with Crippen molar-refractivity contribution in [1.29, 1.82) is 0 Å².